The summed E-state index contributed by atoms with van der Waals surface area (Å²) in [6.07, 6.45) is 1.59. The zero-order valence-electron chi connectivity index (χ0n) is 16.9. The van der Waals surface area contributed by atoms with Gasteiger partial charge in [-0.15, -0.1) is 24.0 Å². The van der Waals surface area contributed by atoms with Crippen LogP contribution in [0.4, 0.5) is 4.79 Å². The van der Waals surface area contributed by atoms with Crippen LogP contribution in [0, 0.1) is 0 Å². The van der Waals surface area contributed by atoms with Crippen molar-refractivity contribution >= 4 is 47.6 Å². The number of likely N-dealkylation sites (tertiary alicyclic amines) is 1. The number of rotatable bonds is 3. The molecular formula is C20H30ClIN4O2. The monoisotopic (exact) mass is 520 g/mol. The van der Waals surface area contributed by atoms with Crippen molar-refractivity contribution in [3.63, 3.8) is 0 Å². The Hall–Kier alpha value is -1.22. The highest BCUT2D eigenvalue weighted by Crippen LogP contribution is 2.41. The lowest BCUT2D eigenvalue weighted by atomic mass is 10.1. The number of hydrogen-bond donors (Lipinski definition) is 2. The van der Waals surface area contributed by atoms with E-state index < -0.39 is 5.60 Å². The van der Waals surface area contributed by atoms with Crippen molar-refractivity contribution in [3.05, 3.63) is 34.9 Å². The van der Waals surface area contributed by atoms with Crippen LogP contribution in [0.2, 0.25) is 5.02 Å². The van der Waals surface area contributed by atoms with Gasteiger partial charge in [0.1, 0.15) is 5.60 Å². The number of aliphatic imine (C=N–C) groups is 1. The van der Waals surface area contributed by atoms with Gasteiger partial charge in [-0.2, -0.15) is 0 Å². The molecule has 0 radical (unpaired) electrons. The highest BCUT2D eigenvalue weighted by Gasteiger charge is 2.40. The van der Waals surface area contributed by atoms with E-state index in [1.165, 1.54) is 5.56 Å². The largest absolute Gasteiger partial charge is 0.444 e. The quantitative estimate of drug-likeness (QED) is 0.359. The van der Waals surface area contributed by atoms with Crippen molar-refractivity contribution in [2.75, 3.05) is 20.1 Å². The predicted molar refractivity (Wildman–Crippen MR) is 124 cm³/mol. The third-order valence-electron chi connectivity index (χ3n) is 4.80. The molecule has 1 aliphatic carbocycles. The van der Waals surface area contributed by atoms with E-state index in [1.807, 2.05) is 39.0 Å². The lowest BCUT2D eigenvalue weighted by molar-refractivity contribution is 0.0507. The van der Waals surface area contributed by atoms with Crippen LogP contribution in [0.5, 0.6) is 0 Å². The summed E-state index contributed by atoms with van der Waals surface area (Å²) >= 11 is 6.10. The number of halogens is 2. The number of alkyl carbamates (subject to hydrolysis) is 1. The molecule has 2 aliphatic rings. The van der Waals surface area contributed by atoms with E-state index in [1.54, 1.807) is 7.05 Å². The molecular weight excluding hydrogens is 491 g/mol. The van der Waals surface area contributed by atoms with Crippen LogP contribution in [-0.2, 0) is 4.74 Å². The van der Waals surface area contributed by atoms with Crippen molar-refractivity contribution < 1.29 is 9.53 Å². The molecule has 1 aromatic rings. The Morgan fingerprint density at radius 3 is 2.71 bits per heavy atom. The van der Waals surface area contributed by atoms with E-state index in [9.17, 15) is 4.79 Å². The second-order valence-electron chi connectivity index (χ2n) is 8.27. The average molecular weight is 521 g/mol. The first-order valence-electron chi connectivity index (χ1n) is 9.48. The Kier molecular flexibility index (Phi) is 7.84. The lowest BCUT2D eigenvalue weighted by Gasteiger charge is -2.23. The van der Waals surface area contributed by atoms with Crippen LogP contribution in [0.15, 0.2) is 29.3 Å². The minimum atomic E-state index is -0.485. The summed E-state index contributed by atoms with van der Waals surface area (Å²) in [7, 11) is 1.80. The van der Waals surface area contributed by atoms with Gasteiger partial charge < -0.3 is 20.3 Å². The summed E-state index contributed by atoms with van der Waals surface area (Å²) in [5.74, 6) is 1.36. The molecule has 6 nitrogen and oxygen atoms in total. The molecule has 28 heavy (non-hydrogen) atoms. The van der Waals surface area contributed by atoms with Crippen LogP contribution in [0.25, 0.3) is 0 Å². The molecule has 1 amide bonds. The van der Waals surface area contributed by atoms with Crippen LogP contribution >= 0.6 is 35.6 Å². The third kappa shape index (κ3) is 6.40. The van der Waals surface area contributed by atoms with Gasteiger partial charge in [-0.25, -0.2) is 4.79 Å². The number of nitrogens with zero attached hydrogens (tertiary/aromatic N) is 2. The Morgan fingerprint density at radius 2 is 2.07 bits per heavy atom. The molecule has 3 atom stereocenters. The van der Waals surface area contributed by atoms with E-state index in [4.69, 9.17) is 16.3 Å². The van der Waals surface area contributed by atoms with Crippen molar-refractivity contribution in [2.45, 2.75) is 57.2 Å². The van der Waals surface area contributed by atoms with Gasteiger partial charge in [0, 0.05) is 37.1 Å². The topological polar surface area (TPSA) is 66.0 Å². The fourth-order valence-corrected chi connectivity index (χ4v) is 3.67. The van der Waals surface area contributed by atoms with Crippen LogP contribution in [-0.4, -0.2) is 54.8 Å². The maximum Gasteiger partial charge on any atom is 0.407 e. The van der Waals surface area contributed by atoms with Gasteiger partial charge >= 0.3 is 6.09 Å². The first kappa shape index (κ1) is 23.1. The molecule has 2 N–H and O–H groups in total. The summed E-state index contributed by atoms with van der Waals surface area (Å²) in [6, 6.07) is 8.50. The lowest BCUT2D eigenvalue weighted by Crippen LogP contribution is -2.44. The second kappa shape index (κ2) is 9.52. The van der Waals surface area contributed by atoms with E-state index in [0.717, 1.165) is 36.9 Å². The molecule has 2 fully saturated rings. The molecule has 8 heteroatoms. The molecule has 1 aliphatic heterocycles. The van der Waals surface area contributed by atoms with Crippen molar-refractivity contribution in [1.29, 1.82) is 0 Å². The molecule has 0 spiro atoms. The number of carbonyl (C=O) groups excluding carboxylic acids is 1. The van der Waals surface area contributed by atoms with Gasteiger partial charge in [-0.1, -0.05) is 23.7 Å². The van der Waals surface area contributed by atoms with E-state index >= 15 is 0 Å². The summed E-state index contributed by atoms with van der Waals surface area (Å²) in [6.45, 7) is 7.18. The Labute approximate surface area is 189 Å². The van der Waals surface area contributed by atoms with Crippen LogP contribution < -0.4 is 10.6 Å². The molecule has 0 bridgehead atoms. The van der Waals surface area contributed by atoms with Gasteiger partial charge in [0.25, 0.3) is 0 Å². The minimum Gasteiger partial charge on any atom is -0.444 e. The normalized spacial score (nSPS) is 24.4. The fraction of sp³-hybridized carbons (Fsp3) is 0.600. The zero-order chi connectivity index (χ0) is 19.6. The van der Waals surface area contributed by atoms with Crippen molar-refractivity contribution in [2.24, 2.45) is 4.99 Å². The number of carbonyl (C=O) groups is 1. The van der Waals surface area contributed by atoms with Crippen LogP contribution in [0.1, 0.15) is 45.1 Å². The van der Waals surface area contributed by atoms with Crippen molar-refractivity contribution in [3.8, 4) is 0 Å². The third-order valence-corrected chi connectivity index (χ3v) is 5.04. The van der Waals surface area contributed by atoms with Gasteiger partial charge in [-0.05, 0) is 51.3 Å². The minimum absolute atomic E-state index is 0. The van der Waals surface area contributed by atoms with E-state index in [2.05, 4.69) is 26.6 Å². The number of ether oxygens (including phenoxy) is 1. The predicted octanol–water partition coefficient (Wildman–Crippen LogP) is 3.99. The second-order valence-corrected chi connectivity index (χ2v) is 8.71. The van der Waals surface area contributed by atoms with E-state index in [0.29, 0.717) is 12.0 Å². The molecule has 1 aromatic carbocycles. The zero-order valence-corrected chi connectivity index (χ0v) is 20.0. The molecule has 0 aromatic heterocycles. The van der Waals surface area contributed by atoms with Gasteiger partial charge in [-0.3, -0.25) is 4.99 Å². The van der Waals surface area contributed by atoms with Gasteiger partial charge in [0.05, 0.1) is 6.04 Å². The number of amides is 1. The molecule has 1 heterocycles. The smallest absolute Gasteiger partial charge is 0.407 e. The highest BCUT2D eigenvalue weighted by molar-refractivity contribution is 14.0. The number of benzene rings is 1. The molecule has 1 saturated carbocycles. The van der Waals surface area contributed by atoms with Gasteiger partial charge in [0.15, 0.2) is 5.96 Å². The summed E-state index contributed by atoms with van der Waals surface area (Å²) in [5.41, 5.74) is 0.780. The number of hydrogen-bond acceptors (Lipinski definition) is 3. The SMILES string of the molecule is CN=C(NC1CC1c1cccc(Cl)c1)N1CCC(NC(=O)OC(C)(C)C)C1.I. The highest BCUT2D eigenvalue weighted by atomic mass is 127. The van der Waals surface area contributed by atoms with Crippen LogP contribution in [0.3, 0.4) is 0 Å². The maximum atomic E-state index is 12.0. The Bertz CT molecular complexity index is 722. The standard InChI is InChI=1S/C20H29ClN4O2.HI/c1-20(2,3)27-19(26)23-15-8-9-25(12-15)18(22-4)24-17-11-16(17)13-6-5-7-14(21)10-13;/h5-7,10,15-17H,8-9,11-12H2,1-4H3,(H,22,24)(H,23,26);1H. The fourth-order valence-electron chi connectivity index (χ4n) is 3.47. The van der Waals surface area contributed by atoms with Gasteiger partial charge in [0.2, 0.25) is 0 Å². The molecule has 156 valence electrons. The Morgan fingerprint density at radius 1 is 1.32 bits per heavy atom. The van der Waals surface area contributed by atoms with Crippen molar-refractivity contribution in [1.82, 2.24) is 15.5 Å². The summed E-state index contributed by atoms with van der Waals surface area (Å²) in [5, 5.41) is 7.28. The average Bonchev–Trinajstić information content (AvgIpc) is 3.20. The van der Waals surface area contributed by atoms with E-state index in [-0.39, 0.29) is 36.1 Å². The summed E-state index contributed by atoms with van der Waals surface area (Å²) in [4.78, 5) is 18.6. The molecule has 1 saturated heterocycles. The molecule has 3 unspecified atom stereocenters. The first-order chi connectivity index (χ1) is 12.7. The maximum absolute atomic E-state index is 12.0. The summed E-state index contributed by atoms with van der Waals surface area (Å²) < 4.78 is 5.34. The molecule has 3 rings (SSSR count). The Balaban J connectivity index is 0.00000280. The number of nitrogens with one attached hydrogen (secondary N) is 2. The first-order valence-corrected chi connectivity index (χ1v) is 9.86. The number of guanidine groups is 1.